The van der Waals surface area contributed by atoms with Gasteiger partial charge in [-0.1, -0.05) is 78.1 Å². The number of fused-ring (bicyclic) bond motifs is 1. The molecule has 2 aromatic rings. The van der Waals surface area contributed by atoms with Crippen molar-refractivity contribution in [1.29, 1.82) is 0 Å². The molecule has 0 N–H and O–H groups in total. The lowest BCUT2D eigenvalue weighted by atomic mass is 10.0. The molecule has 0 unspecified atom stereocenters. The average Bonchev–Trinajstić information content (AvgIpc) is 3.28. The fourth-order valence-electron chi connectivity index (χ4n) is 3.74. The van der Waals surface area contributed by atoms with E-state index in [2.05, 4.69) is 45.7 Å². The van der Waals surface area contributed by atoms with Crippen molar-refractivity contribution in [1.82, 2.24) is 0 Å². The molecule has 0 radical (unpaired) electrons. The quantitative estimate of drug-likeness (QED) is 0.146. The zero-order valence-electron chi connectivity index (χ0n) is 18.4. The first-order chi connectivity index (χ1) is 14.6. The predicted octanol–water partition coefficient (Wildman–Crippen LogP) is 10.5. The highest BCUT2D eigenvalue weighted by atomic mass is 79.9. The first-order valence-corrected chi connectivity index (χ1v) is 14.9. The summed E-state index contributed by atoms with van der Waals surface area (Å²) >= 11 is 10.4. The molecule has 0 saturated carbocycles. The maximum Gasteiger partial charge on any atom is 0.348 e. The van der Waals surface area contributed by atoms with E-state index < -0.39 is 0 Å². The number of esters is 1. The topological polar surface area (TPSA) is 26.3 Å². The molecule has 170 valence electrons. The highest BCUT2D eigenvalue weighted by molar-refractivity contribution is 9.12. The number of carbonyl (C=O) groups excluding carboxylic acids is 1. The molecule has 2 nitrogen and oxygen atoms in total. The van der Waals surface area contributed by atoms with Crippen molar-refractivity contribution in [2.75, 3.05) is 0 Å². The summed E-state index contributed by atoms with van der Waals surface area (Å²) in [4.78, 5) is 13.6. The third-order valence-corrected chi connectivity index (χ3v) is 9.64. The molecule has 0 aliphatic heterocycles. The van der Waals surface area contributed by atoms with Crippen LogP contribution < -0.4 is 0 Å². The van der Waals surface area contributed by atoms with Crippen LogP contribution in [0.3, 0.4) is 0 Å². The molecule has 0 aliphatic carbocycles. The molecule has 0 saturated heterocycles. The molecule has 0 fully saturated rings. The van der Waals surface area contributed by atoms with Crippen LogP contribution in [0.4, 0.5) is 0 Å². The van der Waals surface area contributed by atoms with Crippen molar-refractivity contribution in [2.24, 2.45) is 0 Å². The van der Waals surface area contributed by atoms with Crippen LogP contribution in [0.15, 0.2) is 13.6 Å². The predicted molar refractivity (Wildman–Crippen MR) is 140 cm³/mol. The molecule has 2 heterocycles. The van der Waals surface area contributed by atoms with E-state index in [4.69, 9.17) is 4.74 Å². The van der Waals surface area contributed by atoms with Crippen LogP contribution in [-0.2, 0) is 4.74 Å². The van der Waals surface area contributed by atoms with Crippen LogP contribution >= 0.6 is 54.5 Å². The minimum Gasteiger partial charge on any atom is -0.458 e. The molecule has 0 spiro atoms. The Morgan fingerprint density at radius 3 is 1.90 bits per heavy atom. The van der Waals surface area contributed by atoms with Gasteiger partial charge in [-0.25, -0.2) is 4.79 Å². The van der Waals surface area contributed by atoms with Crippen LogP contribution in [0.2, 0.25) is 0 Å². The second-order valence-electron chi connectivity index (χ2n) is 8.14. The minimum absolute atomic E-state index is 0.0565. The van der Waals surface area contributed by atoms with E-state index in [1.165, 1.54) is 75.5 Å². The Morgan fingerprint density at radius 1 is 0.833 bits per heavy atom. The first-order valence-electron chi connectivity index (χ1n) is 11.6. The maximum atomic E-state index is 12.9. The number of unbranched alkanes of at least 4 members (excludes halogenated alkanes) is 10. The normalized spacial score (nSPS) is 11.6. The minimum atomic E-state index is -0.151. The molecule has 0 amide bonds. The number of ether oxygens (including phenoxy) is 1. The fourth-order valence-corrected chi connectivity index (χ4v) is 8.09. The number of halogens is 2. The second kappa shape index (κ2) is 15.0. The van der Waals surface area contributed by atoms with Crippen LogP contribution in [0.25, 0.3) is 10.1 Å². The smallest absolute Gasteiger partial charge is 0.348 e. The highest BCUT2D eigenvalue weighted by Crippen LogP contribution is 2.43. The van der Waals surface area contributed by atoms with Gasteiger partial charge in [0.25, 0.3) is 0 Å². The largest absolute Gasteiger partial charge is 0.458 e. The lowest BCUT2D eigenvalue weighted by molar-refractivity contribution is 0.0254. The summed E-state index contributed by atoms with van der Waals surface area (Å²) in [6, 6.07) is 1.97. The summed E-state index contributed by atoms with van der Waals surface area (Å²) in [5, 5.41) is 1.10. The number of thiophene rings is 2. The van der Waals surface area contributed by atoms with E-state index in [0.29, 0.717) is 4.88 Å². The standard InChI is InChI=1S/C24H36Br2O2S2/c1-3-5-7-9-11-13-15-18(16-14-12-10-8-6-4-2)28-24(27)20-17-19-21(29-20)23(26)30-22(19)25/h17-18H,3-16H2,1-2H3. The Kier molecular flexibility index (Phi) is 13.2. The number of carbonyl (C=O) groups is 1. The molecule has 2 rings (SSSR count). The lowest BCUT2D eigenvalue weighted by Crippen LogP contribution is -2.18. The number of hydrogen-bond acceptors (Lipinski definition) is 4. The molecule has 6 heteroatoms. The third-order valence-electron chi connectivity index (χ3n) is 5.54. The van der Waals surface area contributed by atoms with Gasteiger partial charge < -0.3 is 4.74 Å². The van der Waals surface area contributed by atoms with Gasteiger partial charge in [0, 0.05) is 5.39 Å². The van der Waals surface area contributed by atoms with Crippen LogP contribution in [0, 0.1) is 0 Å². The van der Waals surface area contributed by atoms with Gasteiger partial charge in [0.2, 0.25) is 0 Å². The van der Waals surface area contributed by atoms with E-state index in [9.17, 15) is 4.79 Å². The van der Waals surface area contributed by atoms with Crippen molar-refractivity contribution in [3.63, 3.8) is 0 Å². The Hall–Kier alpha value is 0.0900. The van der Waals surface area contributed by atoms with Gasteiger partial charge in [-0.3, -0.25) is 0 Å². The Bertz CT molecular complexity index is 703. The average molecular weight is 580 g/mol. The highest BCUT2D eigenvalue weighted by Gasteiger charge is 2.20. The summed E-state index contributed by atoms with van der Waals surface area (Å²) in [7, 11) is 0. The second-order valence-corrected chi connectivity index (χ2v) is 12.9. The van der Waals surface area contributed by atoms with Gasteiger partial charge in [0.1, 0.15) is 11.0 Å². The van der Waals surface area contributed by atoms with E-state index in [1.54, 1.807) is 11.3 Å². The van der Waals surface area contributed by atoms with Crippen molar-refractivity contribution >= 4 is 70.6 Å². The summed E-state index contributed by atoms with van der Waals surface area (Å²) < 4.78 is 9.28. The monoisotopic (exact) mass is 578 g/mol. The fraction of sp³-hybridized carbons (Fsp3) is 0.708. The SMILES string of the molecule is CCCCCCCCC(CCCCCCCC)OC(=O)c1cc2c(Br)sc(Br)c2s1. The zero-order chi connectivity index (χ0) is 21.8. The number of hydrogen-bond donors (Lipinski definition) is 0. The molecule has 30 heavy (non-hydrogen) atoms. The van der Waals surface area contributed by atoms with Gasteiger partial charge in [-0.2, -0.15) is 0 Å². The maximum absolute atomic E-state index is 12.9. The molecular weight excluding hydrogens is 544 g/mol. The Balaban J connectivity index is 1.86. The summed E-state index contributed by atoms with van der Waals surface area (Å²) in [5.41, 5.74) is 0. The summed E-state index contributed by atoms with van der Waals surface area (Å²) in [5.74, 6) is -0.151. The zero-order valence-corrected chi connectivity index (χ0v) is 23.2. The van der Waals surface area contributed by atoms with Gasteiger partial charge in [0.15, 0.2) is 0 Å². The van der Waals surface area contributed by atoms with Crippen molar-refractivity contribution in [3.05, 3.63) is 18.5 Å². The van der Waals surface area contributed by atoms with Gasteiger partial charge >= 0.3 is 5.97 Å². The first kappa shape index (κ1) is 26.3. The number of rotatable bonds is 16. The van der Waals surface area contributed by atoms with E-state index in [1.807, 2.05) is 6.07 Å². The van der Waals surface area contributed by atoms with Crippen molar-refractivity contribution < 1.29 is 9.53 Å². The van der Waals surface area contributed by atoms with E-state index >= 15 is 0 Å². The molecule has 2 aromatic heterocycles. The molecule has 0 aromatic carbocycles. The molecule has 0 atom stereocenters. The van der Waals surface area contributed by atoms with Crippen molar-refractivity contribution in [2.45, 2.75) is 110 Å². The van der Waals surface area contributed by atoms with Gasteiger partial charge in [-0.15, -0.1) is 22.7 Å². The van der Waals surface area contributed by atoms with E-state index in [-0.39, 0.29) is 12.1 Å². The molecule has 0 aliphatic rings. The molecular formula is C24H36Br2O2S2. The Labute approximate surface area is 207 Å². The lowest BCUT2D eigenvalue weighted by Gasteiger charge is -2.17. The van der Waals surface area contributed by atoms with E-state index in [0.717, 1.165) is 43.3 Å². The van der Waals surface area contributed by atoms with Gasteiger partial charge in [-0.05, 0) is 63.6 Å². The molecule has 0 bridgehead atoms. The summed E-state index contributed by atoms with van der Waals surface area (Å²) in [6.45, 7) is 4.50. The van der Waals surface area contributed by atoms with Gasteiger partial charge in [0.05, 0.1) is 12.3 Å². The third kappa shape index (κ3) is 8.91. The Morgan fingerprint density at radius 2 is 1.37 bits per heavy atom. The van der Waals surface area contributed by atoms with Crippen LogP contribution in [-0.4, -0.2) is 12.1 Å². The van der Waals surface area contributed by atoms with Crippen molar-refractivity contribution in [3.8, 4) is 0 Å². The summed E-state index contributed by atoms with van der Waals surface area (Å²) in [6.07, 6.45) is 17.3. The van der Waals surface area contributed by atoms with Crippen LogP contribution in [0.5, 0.6) is 0 Å². The van der Waals surface area contributed by atoms with Crippen LogP contribution in [0.1, 0.15) is 113 Å².